The van der Waals surface area contributed by atoms with E-state index in [1.54, 1.807) is 0 Å². The Morgan fingerprint density at radius 3 is 2.60 bits per heavy atom. The van der Waals surface area contributed by atoms with Crippen LogP contribution in [0.3, 0.4) is 0 Å². The average Bonchev–Trinajstić information content (AvgIpc) is 2.45. The lowest BCUT2D eigenvalue weighted by molar-refractivity contribution is -0.134. The van der Waals surface area contributed by atoms with Gasteiger partial charge in [0, 0.05) is 18.2 Å². The molecule has 0 heterocycles. The maximum atomic E-state index is 12.1. The molecule has 5 heteroatoms. The van der Waals surface area contributed by atoms with Crippen LogP contribution in [0.15, 0.2) is 0 Å². The molecule has 0 bridgehead atoms. The standard InChI is InChI=1S/C15H27NO3S/c1-2-13(10-12-6-4-3-5-7-12)15(19)16-8-9-20-11-14(17)18/h12-13H,2-11H2,1H3,(H,16,19)(H,17,18). The van der Waals surface area contributed by atoms with Crippen molar-refractivity contribution in [3.8, 4) is 0 Å². The molecular weight excluding hydrogens is 274 g/mol. The van der Waals surface area contributed by atoms with Gasteiger partial charge in [0.15, 0.2) is 0 Å². The zero-order valence-corrected chi connectivity index (χ0v) is 13.2. The lowest BCUT2D eigenvalue weighted by Gasteiger charge is -2.25. The number of rotatable bonds is 9. The van der Waals surface area contributed by atoms with Crippen LogP contribution in [0.2, 0.25) is 0 Å². The van der Waals surface area contributed by atoms with Gasteiger partial charge in [-0.05, 0) is 18.8 Å². The van der Waals surface area contributed by atoms with E-state index >= 15 is 0 Å². The number of hydrogen-bond donors (Lipinski definition) is 2. The summed E-state index contributed by atoms with van der Waals surface area (Å²) in [7, 11) is 0. The second-order valence-corrected chi connectivity index (χ2v) is 6.69. The molecule has 0 aromatic carbocycles. The number of aliphatic carboxylic acids is 1. The summed E-state index contributed by atoms with van der Waals surface area (Å²) in [6, 6.07) is 0. The number of hydrogen-bond acceptors (Lipinski definition) is 3. The molecule has 20 heavy (non-hydrogen) atoms. The largest absolute Gasteiger partial charge is 0.481 e. The SMILES string of the molecule is CCC(CC1CCCCC1)C(=O)NCCSCC(=O)O. The summed E-state index contributed by atoms with van der Waals surface area (Å²) in [5.74, 6) is 0.968. The maximum Gasteiger partial charge on any atom is 0.313 e. The first kappa shape index (κ1) is 17.3. The van der Waals surface area contributed by atoms with E-state index in [1.807, 2.05) is 0 Å². The van der Waals surface area contributed by atoms with Gasteiger partial charge in [-0.25, -0.2) is 0 Å². The highest BCUT2D eigenvalue weighted by Crippen LogP contribution is 2.30. The number of nitrogens with one attached hydrogen (secondary N) is 1. The molecule has 1 saturated carbocycles. The molecule has 1 aliphatic carbocycles. The third-order valence-corrected chi connectivity index (χ3v) is 4.92. The summed E-state index contributed by atoms with van der Waals surface area (Å²) < 4.78 is 0. The first-order valence-corrected chi connectivity index (χ1v) is 8.86. The summed E-state index contributed by atoms with van der Waals surface area (Å²) in [6.45, 7) is 2.64. The normalized spacial score (nSPS) is 17.6. The third-order valence-electron chi connectivity index (χ3n) is 3.98. The van der Waals surface area contributed by atoms with Crippen LogP contribution in [0.5, 0.6) is 0 Å². The third kappa shape index (κ3) is 7.17. The van der Waals surface area contributed by atoms with E-state index in [2.05, 4.69) is 12.2 Å². The Labute approximate surface area is 126 Å². The van der Waals surface area contributed by atoms with Gasteiger partial charge in [0.2, 0.25) is 5.91 Å². The molecule has 2 N–H and O–H groups in total. The molecule has 0 spiro atoms. The lowest BCUT2D eigenvalue weighted by Crippen LogP contribution is -2.33. The van der Waals surface area contributed by atoms with Gasteiger partial charge in [-0.1, -0.05) is 39.0 Å². The van der Waals surface area contributed by atoms with Crippen LogP contribution < -0.4 is 5.32 Å². The number of carboxylic acid groups (broad SMARTS) is 1. The predicted molar refractivity (Wildman–Crippen MR) is 82.9 cm³/mol. The zero-order valence-electron chi connectivity index (χ0n) is 12.4. The minimum atomic E-state index is -0.801. The quantitative estimate of drug-likeness (QED) is 0.643. The van der Waals surface area contributed by atoms with Crippen molar-refractivity contribution in [2.45, 2.75) is 51.9 Å². The Hall–Kier alpha value is -0.710. The van der Waals surface area contributed by atoms with Crippen molar-refractivity contribution >= 4 is 23.6 Å². The number of carbonyl (C=O) groups is 2. The highest BCUT2D eigenvalue weighted by atomic mass is 32.2. The fraction of sp³-hybridized carbons (Fsp3) is 0.867. The Bertz CT molecular complexity index is 303. The molecule has 1 amide bonds. The topological polar surface area (TPSA) is 66.4 Å². The summed E-state index contributed by atoms with van der Waals surface area (Å²) >= 11 is 1.34. The van der Waals surface area contributed by atoms with Crippen molar-refractivity contribution in [1.82, 2.24) is 5.32 Å². The first-order valence-electron chi connectivity index (χ1n) is 7.70. The molecule has 116 valence electrons. The summed E-state index contributed by atoms with van der Waals surface area (Å²) in [6.07, 6.45) is 8.44. The Morgan fingerprint density at radius 1 is 1.30 bits per heavy atom. The number of carboxylic acids is 1. The fourth-order valence-electron chi connectivity index (χ4n) is 2.83. The number of thioether (sulfide) groups is 1. The van der Waals surface area contributed by atoms with Crippen LogP contribution in [0.4, 0.5) is 0 Å². The van der Waals surface area contributed by atoms with E-state index in [0.717, 1.165) is 18.8 Å². The van der Waals surface area contributed by atoms with Gasteiger partial charge >= 0.3 is 5.97 Å². The molecule has 1 unspecified atom stereocenters. The molecule has 1 atom stereocenters. The zero-order chi connectivity index (χ0) is 14.8. The first-order chi connectivity index (χ1) is 9.63. The van der Waals surface area contributed by atoms with Gasteiger partial charge < -0.3 is 10.4 Å². The highest BCUT2D eigenvalue weighted by Gasteiger charge is 2.22. The summed E-state index contributed by atoms with van der Waals surface area (Å²) in [5.41, 5.74) is 0. The maximum absolute atomic E-state index is 12.1. The van der Waals surface area contributed by atoms with E-state index < -0.39 is 5.97 Å². The minimum absolute atomic E-state index is 0.106. The molecule has 0 aromatic rings. The van der Waals surface area contributed by atoms with Crippen LogP contribution >= 0.6 is 11.8 Å². The van der Waals surface area contributed by atoms with Crippen LogP contribution in [0, 0.1) is 11.8 Å². The van der Waals surface area contributed by atoms with Gasteiger partial charge in [-0.15, -0.1) is 11.8 Å². The lowest BCUT2D eigenvalue weighted by atomic mass is 9.82. The van der Waals surface area contributed by atoms with E-state index in [9.17, 15) is 9.59 Å². The number of carbonyl (C=O) groups excluding carboxylic acids is 1. The monoisotopic (exact) mass is 301 g/mol. The van der Waals surface area contributed by atoms with Gasteiger partial charge in [0.05, 0.1) is 5.75 Å². The molecule has 0 saturated heterocycles. The van der Waals surface area contributed by atoms with Crippen molar-refractivity contribution in [3.63, 3.8) is 0 Å². The molecule has 1 rings (SSSR count). The van der Waals surface area contributed by atoms with Crippen molar-refractivity contribution in [3.05, 3.63) is 0 Å². The molecule has 0 radical (unpaired) electrons. The summed E-state index contributed by atoms with van der Waals surface area (Å²) in [5, 5.41) is 11.5. The van der Waals surface area contributed by atoms with E-state index in [-0.39, 0.29) is 17.6 Å². The Kier molecular flexibility index (Phi) is 8.74. The van der Waals surface area contributed by atoms with Gasteiger partial charge in [0.1, 0.15) is 0 Å². The van der Waals surface area contributed by atoms with Crippen molar-refractivity contribution in [2.24, 2.45) is 11.8 Å². The van der Waals surface area contributed by atoms with Crippen LogP contribution in [0.25, 0.3) is 0 Å². The van der Waals surface area contributed by atoms with E-state index in [1.165, 1.54) is 43.9 Å². The molecule has 1 aliphatic rings. The van der Waals surface area contributed by atoms with Gasteiger partial charge in [-0.2, -0.15) is 0 Å². The minimum Gasteiger partial charge on any atom is -0.481 e. The molecule has 0 aromatic heterocycles. The van der Waals surface area contributed by atoms with Crippen LogP contribution in [-0.4, -0.2) is 35.0 Å². The second kappa shape index (κ2) is 10.1. The average molecular weight is 301 g/mol. The van der Waals surface area contributed by atoms with E-state index in [0.29, 0.717) is 12.3 Å². The smallest absolute Gasteiger partial charge is 0.313 e. The summed E-state index contributed by atoms with van der Waals surface area (Å²) in [4.78, 5) is 22.5. The van der Waals surface area contributed by atoms with Crippen LogP contribution in [-0.2, 0) is 9.59 Å². The van der Waals surface area contributed by atoms with Crippen molar-refractivity contribution in [2.75, 3.05) is 18.1 Å². The predicted octanol–water partition coefficient (Wildman–Crippen LogP) is 2.92. The Balaban J connectivity index is 2.18. The van der Waals surface area contributed by atoms with Gasteiger partial charge in [0.25, 0.3) is 0 Å². The Morgan fingerprint density at radius 2 is 2.00 bits per heavy atom. The number of amides is 1. The van der Waals surface area contributed by atoms with E-state index in [4.69, 9.17) is 5.11 Å². The fourth-order valence-corrected chi connectivity index (χ4v) is 3.40. The van der Waals surface area contributed by atoms with Gasteiger partial charge in [-0.3, -0.25) is 9.59 Å². The molecule has 0 aliphatic heterocycles. The molecule has 1 fully saturated rings. The van der Waals surface area contributed by atoms with Crippen LogP contribution in [0.1, 0.15) is 51.9 Å². The molecular formula is C15H27NO3S. The molecule has 4 nitrogen and oxygen atoms in total. The highest BCUT2D eigenvalue weighted by molar-refractivity contribution is 7.99. The van der Waals surface area contributed by atoms with Crippen molar-refractivity contribution in [1.29, 1.82) is 0 Å². The second-order valence-electron chi connectivity index (χ2n) is 5.58. The van der Waals surface area contributed by atoms with Crippen molar-refractivity contribution < 1.29 is 14.7 Å².